The second kappa shape index (κ2) is 6.02. The number of aliphatic carboxylic acids is 1. The smallest absolute Gasteiger partial charge is 0.303 e. The van der Waals surface area contributed by atoms with Crippen LogP contribution in [-0.2, 0) is 4.79 Å². The van der Waals surface area contributed by atoms with E-state index < -0.39 is 5.97 Å². The second-order valence-electron chi connectivity index (χ2n) is 4.21. The van der Waals surface area contributed by atoms with Gasteiger partial charge in [0.25, 0.3) is 0 Å². The molecule has 0 aliphatic carbocycles. The lowest BCUT2D eigenvalue weighted by Gasteiger charge is -2.32. The molecule has 1 N–H and O–H groups in total. The number of carboxylic acids is 1. The Morgan fingerprint density at radius 1 is 1.57 bits per heavy atom. The fourth-order valence-electron chi connectivity index (χ4n) is 2.14. The van der Waals surface area contributed by atoms with Crippen LogP contribution in [0.1, 0.15) is 39.0 Å². The number of rotatable bonds is 5. The molecule has 0 spiro atoms. The number of carbonyl (C=O) groups is 1. The second-order valence-corrected chi connectivity index (χ2v) is 4.21. The average Bonchev–Trinajstić information content (AvgIpc) is 2.18. The number of likely N-dealkylation sites (tertiary alicyclic amines) is 1. The van der Waals surface area contributed by atoms with Crippen LogP contribution in [0.2, 0.25) is 0 Å². The molecular formula is C11H21NO2. The number of piperidine rings is 1. The molecule has 1 aliphatic heterocycles. The van der Waals surface area contributed by atoms with Gasteiger partial charge in [-0.05, 0) is 38.3 Å². The standard InChI is InChI=1S/C11H21NO2/c1-2-10-5-3-7-12(9-10)8-4-6-11(13)14/h10H,2-9H2,1H3,(H,13,14)/t10-/m1/s1. The first-order valence-corrected chi connectivity index (χ1v) is 5.66. The molecule has 3 heteroatoms. The molecule has 0 unspecified atom stereocenters. The maximum absolute atomic E-state index is 10.3. The number of carboxylic acid groups (broad SMARTS) is 1. The minimum absolute atomic E-state index is 0.313. The Morgan fingerprint density at radius 2 is 2.36 bits per heavy atom. The fourth-order valence-corrected chi connectivity index (χ4v) is 2.14. The Balaban J connectivity index is 2.14. The summed E-state index contributed by atoms with van der Waals surface area (Å²) in [5.41, 5.74) is 0. The van der Waals surface area contributed by atoms with Crippen molar-refractivity contribution in [3.05, 3.63) is 0 Å². The van der Waals surface area contributed by atoms with Crippen molar-refractivity contribution in [2.45, 2.75) is 39.0 Å². The van der Waals surface area contributed by atoms with Crippen LogP contribution in [-0.4, -0.2) is 35.6 Å². The number of nitrogens with zero attached hydrogens (tertiary/aromatic N) is 1. The lowest BCUT2D eigenvalue weighted by Crippen LogP contribution is -2.35. The largest absolute Gasteiger partial charge is 0.481 e. The van der Waals surface area contributed by atoms with Gasteiger partial charge in [0.1, 0.15) is 0 Å². The minimum atomic E-state index is -0.672. The number of hydrogen-bond donors (Lipinski definition) is 1. The van der Waals surface area contributed by atoms with E-state index >= 15 is 0 Å². The highest BCUT2D eigenvalue weighted by Gasteiger charge is 2.17. The zero-order valence-corrected chi connectivity index (χ0v) is 9.04. The molecule has 0 radical (unpaired) electrons. The van der Waals surface area contributed by atoms with E-state index in [0.717, 1.165) is 25.4 Å². The molecule has 1 fully saturated rings. The van der Waals surface area contributed by atoms with E-state index in [0.29, 0.717) is 6.42 Å². The van der Waals surface area contributed by atoms with Crippen molar-refractivity contribution in [2.24, 2.45) is 5.92 Å². The van der Waals surface area contributed by atoms with Crippen LogP contribution in [0.15, 0.2) is 0 Å². The summed E-state index contributed by atoms with van der Waals surface area (Å²) < 4.78 is 0. The first-order chi connectivity index (χ1) is 6.72. The van der Waals surface area contributed by atoms with Gasteiger partial charge in [-0.1, -0.05) is 13.3 Å². The maximum Gasteiger partial charge on any atom is 0.303 e. The molecule has 1 rings (SSSR count). The van der Waals surface area contributed by atoms with Gasteiger partial charge in [-0.2, -0.15) is 0 Å². The summed E-state index contributed by atoms with van der Waals surface area (Å²) in [6.07, 6.45) is 5.01. The third-order valence-corrected chi connectivity index (χ3v) is 3.05. The molecular weight excluding hydrogens is 178 g/mol. The molecule has 0 saturated carbocycles. The molecule has 82 valence electrons. The van der Waals surface area contributed by atoms with Gasteiger partial charge in [0.15, 0.2) is 0 Å². The Kier molecular flexibility index (Phi) is 4.94. The SMILES string of the molecule is CC[C@@H]1CCCN(CCCC(=O)O)C1. The van der Waals surface area contributed by atoms with E-state index in [4.69, 9.17) is 5.11 Å². The quantitative estimate of drug-likeness (QED) is 0.736. The van der Waals surface area contributed by atoms with Crippen LogP contribution < -0.4 is 0 Å². The molecule has 1 aliphatic rings. The molecule has 0 bridgehead atoms. The van der Waals surface area contributed by atoms with Gasteiger partial charge >= 0.3 is 5.97 Å². The Morgan fingerprint density at radius 3 is 3.00 bits per heavy atom. The van der Waals surface area contributed by atoms with E-state index in [1.54, 1.807) is 0 Å². The summed E-state index contributed by atoms with van der Waals surface area (Å²) in [5, 5.41) is 8.52. The van der Waals surface area contributed by atoms with Crippen molar-refractivity contribution < 1.29 is 9.90 Å². The zero-order valence-electron chi connectivity index (χ0n) is 9.04. The molecule has 1 heterocycles. The predicted octanol–water partition coefficient (Wildman–Crippen LogP) is 1.97. The van der Waals surface area contributed by atoms with Crippen LogP contribution in [0.4, 0.5) is 0 Å². The number of hydrogen-bond acceptors (Lipinski definition) is 2. The maximum atomic E-state index is 10.3. The Bertz CT molecular complexity index is 182. The van der Waals surface area contributed by atoms with Gasteiger partial charge in [0, 0.05) is 13.0 Å². The Hall–Kier alpha value is -0.570. The fraction of sp³-hybridized carbons (Fsp3) is 0.909. The van der Waals surface area contributed by atoms with Gasteiger partial charge in [-0.3, -0.25) is 4.79 Å². The van der Waals surface area contributed by atoms with Crippen molar-refractivity contribution >= 4 is 5.97 Å². The summed E-state index contributed by atoms with van der Waals surface area (Å²) in [4.78, 5) is 12.8. The molecule has 1 atom stereocenters. The van der Waals surface area contributed by atoms with Crippen molar-refractivity contribution in [2.75, 3.05) is 19.6 Å². The first kappa shape index (κ1) is 11.5. The van der Waals surface area contributed by atoms with Crippen LogP contribution in [0.25, 0.3) is 0 Å². The minimum Gasteiger partial charge on any atom is -0.481 e. The molecule has 0 amide bonds. The highest BCUT2D eigenvalue weighted by Crippen LogP contribution is 2.19. The van der Waals surface area contributed by atoms with Crippen LogP contribution in [0, 0.1) is 5.92 Å². The van der Waals surface area contributed by atoms with E-state index in [-0.39, 0.29) is 0 Å². The van der Waals surface area contributed by atoms with E-state index in [2.05, 4.69) is 11.8 Å². The molecule has 14 heavy (non-hydrogen) atoms. The normalized spacial score (nSPS) is 23.6. The third-order valence-electron chi connectivity index (χ3n) is 3.05. The predicted molar refractivity (Wildman–Crippen MR) is 56.3 cm³/mol. The van der Waals surface area contributed by atoms with Crippen molar-refractivity contribution in [3.63, 3.8) is 0 Å². The van der Waals surface area contributed by atoms with E-state index in [1.807, 2.05) is 0 Å². The highest BCUT2D eigenvalue weighted by molar-refractivity contribution is 5.66. The van der Waals surface area contributed by atoms with Gasteiger partial charge in [-0.15, -0.1) is 0 Å². The van der Waals surface area contributed by atoms with Gasteiger partial charge in [0.2, 0.25) is 0 Å². The first-order valence-electron chi connectivity index (χ1n) is 5.66. The van der Waals surface area contributed by atoms with Crippen molar-refractivity contribution in [3.8, 4) is 0 Å². The molecule has 0 aromatic carbocycles. The van der Waals surface area contributed by atoms with Gasteiger partial charge in [-0.25, -0.2) is 0 Å². The molecule has 0 aromatic heterocycles. The summed E-state index contributed by atoms with van der Waals surface area (Å²) in [6.45, 7) is 5.54. The summed E-state index contributed by atoms with van der Waals surface area (Å²) in [5.74, 6) is 0.169. The van der Waals surface area contributed by atoms with Crippen LogP contribution in [0.3, 0.4) is 0 Å². The third kappa shape index (κ3) is 4.09. The van der Waals surface area contributed by atoms with Gasteiger partial charge in [0.05, 0.1) is 0 Å². The lowest BCUT2D eigenvalue weighted by molar-refractivity contribution is -0.137. The molecule has 3 nitrogen and oxygen atoms in total. The zero-order chi connectivity index (χ0) is 10.4. The lowest BCUT2D eigenvalue weighted by atomic mass is 9.95. The molecule has 0 aromatic rings. The van der Waals surface area contributed by atoms with Crippen molar-refractivity contribution in [1.29, 1.82) is 0 Å². The summed E-state index contributed by atoms with van der Waals surface area (Å²) >= 11 is 0. The Labute approximate surface area is 86.1 Å². The summed E-state index contributed by atoms with van der Waals surface area (Å²) in [7, 11) is 0. The van der Waals surface area contributed by atoms with Gasteiger partial charge < -0.3 is 10.0 Å². The van der Waals surface area contributed by atoms with E-state index in [1.165, 1.54) is 25.8 Å². The topological polar surface area (TPSA) is 40.5 Å². The van der Waals surface area contributed by atoms with Crippen molar-refractivity contribution in [1.82, 2.24) is 4.90 Å². The highest BCUT2D eigenvalue weighted by atomic mass is 16.4. The van der Waals surface area contributed by atoms with E-state index in [9.17, 15) is 4.79 Å². The summed E-state index contributed by atoms with van der Waals surface area (Å²) in [6, 6.07) is 0. The monoisotopic (exact) mass is 199 g/mol. The van der Waals surface area contributed by atoms with Crippen LogP contribution >= 0.6 is 0 Å². The molecule has 1 saturated heterocycles. The van der Waals surface area contributed by atoms with Crippen LogP contribution in [0.5, 0.6) is 0 Å². The average molecular weight is 199 g/mol.